The number of anilines is 2. The third kappa shape index (κ3) is 4.08. The number of sulfonamides is 1. The zero-order valence-electron chi connectivity index (χ0n) is 16.7. The van der Waals surface area contributed by atoms with Gasteiger partial charge in [-0.15, -0.1) is 4.40 Å². The monoisotopic (exact) mass is 452 g/mol. The maximum atomic E-state index is 13.8. The summed E-state index contributed by atoms with van der Waals surface area (Å²) in [7, 11) is -2.36. The lowest BCUT2D eigenvalue weighted by Gasteiger charge is -2.10. The van der Waals surface area contributed by atoms with Crippen molar-refractivity contribution in [3.63, 3.8) is 0 Å². The average Bonchev–Trinajstić information content (AvgIpc) is 3.05. The molecule has 0 bridgehead atoms. The second-order valence-electron chi connectivity index (χ2n) is 6.84. The molecule has 1 heterocycles. The van der Waals surface area contributed by atoms with E-state index in [1.54, 1.807) is 30.3 Å². The molecular formula is C22H17FN4O4S. The summed E-state index contributed by atoms with van der Waals surface area (Å²) in [6.45, 7) is 0. The number of amidine groups is 1. The molecule has 3 aromatic rings. The first kappa shape index (κ1) is 21.2. The first-order valence-electron chi connectivity index (χ1n) is 9.43. The van der Waals surface area contributed by atoms with E-state index in [0.717, 1.165) is 6.07 Å². The number of fused-ring (bicyclic) bond motifs is 1. The number of carbonyl (C=O) groups excluding carboxylic acids is 2. The highest BCUT2D eigenvalue weighted by molar-refractivity contribution is 7.90. The third-order valence-electron chi connectivity index (χ3n) is 4.74. The van der Waals surface area contributed by atoms with E-state index in [-0.39, 0.29) is 22.0 Å². The molecule has 0 aromatic heterocycles. The lowest BCUT2D eigenvalue weighted by molar-refractivity contribution is 0.0957. The van der Waals surface area contributed by atoms with Crippen LogP contribution in [0.3, 0.4) is 0 Å². The Hall–Kier alpha value is -4.05. The number of hydrogen-bond donors (Lipinski definition) is 3. The maximum Gasteiger partial charge on any atom is 0.285 e. The van der Waals surface area contributed by atoms with Crippen LogP contribution in [0.2, 0.25) is 0 Å². The molecule has 0 atom stereocenters. The van der Waals surface area contributed by atoms with Crippen LogP contribution >= 0.6 is 0 Å². The fourth-order valence-corrected chi connectivity index (χ4v) is 4.33. The molecule has 0 saturated carbocycles. The summed E-state index contributed by atoms with van der Waals surface area (Å²) in [6, 6.07) is 16.5. The summed E-state index contributed by atoms with van der Waals surface area (Å²) in [5.41, 5.74) is 1.40. The van der Waals surface area contributed by atoms with Crippen molar-refractivity contribution in [2.75, 3.05) is 17.7 Å². The first-order chi connectivity index (χ1) is 15.3. The fourth-order valence-electron chi connectivity index (χ4n) is 3.15. The lowest BCUT2D eigenvalue weighted by atomic mass is 10.1. The topological polar surface area (TPSA) is 117 Å². The van der Waals surface area contributed by atoms with Crippen molar-refractivity contribution in [2.24, 2.45) is 4.40 Å². The van der Waals surface area contributed by atoms with Crippen LogP contribution in [-0.2, 0) is 10.0 Å². The number of amides is 2. The zero-order chi connectivity index (χ0) is 22.9. The largest absolute Gasteiger partial charge is 0.355 e. The van der Waals surface area contributed by atoms with Crippen molar-refractivity contribution in [2.45, 2.75) is 4.90 Å². The number of halogens is 1. The summed E-state index contributed by atoms with van der Waals surface area (Å²) in [5, 5.41) is 7.90. The molecule has 3 N–H and O–H groups in total. The van der Waals surface area contributed by atoms with Crippen molar-refractivity contribution in [3.8, 4) is 0 Å². The molecule has 0 aliphatic carbocycles. The Kier molecular flexibility index (Phi) is 5.45. The SMILES string of the molecule is CNC(=O)c1cc(NC(=O)c2ccc(NC3=NS(=O)(=O)c4ccccc43)cc2)ccc1F. The van der Waals surface area contributed by atoms with E-state index in [9.17, 15) is 22.4 Å². The van der Waals surface area contributed by atoms with Crippen LogP contribution in [0.5, 0.6) is 0 Å². The maximum absolute atomic E-state index is 13.8. The standard InChI is InChI=1S/C22H17FN4O4S/c1-24-22(29)17-12-15(10-11-18(17)23)26-21(28)13-6-8-14(9-7-13)25-20-16-4-2-3-5-19(16)32(30,31)27-20/h2-12H,1H3,(H,24,29)(H,25,27)(H,26,28). The van der Waals surface area contributed by atoms with E-state index in [4.69, 9.17) is 0 Å². The van der Waals surface area contributed by atoms with Crippen molar-refractivity contribution < 1.29 is 22.4 Å². The summed E-state index contributed by atoms with van der Waals surface area (Å²) in [4.78, 5) is 24.4. The second-order valence-corrected chi connectivity index (χ2v) is 8.41. The summed E-state index contributed by atoms with van der Waals surface area (Å²) < 4.78 is 41.9. The second kappa shape index (κ2) is 8.23. The molecule has 0 spiro atoms. The van der Waals surface area contributed by atoms with Crippen molar-refractivity contribution >= 4 is 39.0 Å². The predicted octanol–water partition coefficient (Wildman–Crippen LogP) is 3.00. The highest BCUT2D eigenvalue weighted by atomic mass is 32.2. The van der Waals surface area contributed by atoms with Gasteiger partial charge in [0.15, 0.2) is 5.84 Å². The van der Waals surface area contributed by atoms with Crippen LogP contribution in [0.25, 0.3) is 0 Å². The van der Waals surface area contributed by atoms with Gasteiger partial charge >= 0.3 is 0 Å². The van der Waals surface area contributed by atoms with Gasteiger partial charge in [0.05, 0.1) is 5.56 Å². The Morgan fingerprint density at radius 2 is 1.59 bits per heavy atom. The summed E-state index contributed by atoms with van der Waals surface area (Å²) in [5.74, 6) is -1.56. The van der Waals surface area contributed by atoms with Gasteiger partial charge in [0, 0.05) is 29.5 Å². The van der Waals surface area contributed by atoms with Crippen molar-refractivity contribution in [3.05, 3.63) is 89.2 Å². The first-order valence-corrected chi connectivity index (χ1v) is 10.9. The van der Waals surface area contributed by atoms with Gasteiger partial charge in [0.2, 0.25) is 0 Å². The van der Waals surface area contributed by atoms with Gasteiger partial charge in [-0.25, -0.2) is 4.39 Å². The lowest BCUT2D eigenvalue weighted by Crippen LogP contribution is -2.20. The molecule has 1 aliphatic heterocycles. The van der Waals surface area contributed by atoms with Crippen LogP contribution < -0.4 is 16.0 Å². The third-order valence-corrected chi connectivity index (χ3v) is 6.07. The Bertz CT molecular complexity index is 1370. The molecule has 162 valence electrons. The van der Waals surface area contributed by atoms with E-state index in [1.807, 2.05) is 0 Å². The molecule has 2 amide bonds. The van der Waals surface area contributed by atoms with Gasteiger partial charge in [-0.05, 0) is 54.6 Å². The van der Waals surface area contributed by atoms with Crippen LogP contribution in [0.1, 0.15) is 26.3 Å². The quantitative estimate of drug-likeness (QED) is 0.563. The van der Waals surface area contributed by atoms with Crippen LogP contribution in [0.4, 0.5) is 15.8 Å². The van der Waals surface area contributed by atoms with E-state index >= 15 is 0 Å². The Morgan fingerprint density at radius 1 is 0.906 bits per heavy atom. The number of rotatable bonds is 4. The van der Waals surface area contributed by atoms with Gasteiger partial charge in [0.1, 0.15) is 10.7 Å². The molecule has 0 saturated heterocycles. The molecule has 8 nitrogen and oxygen atoms in total. The minimum Gasteiger partial charge on any atom is -0.355 e. The van der Waals surface area contributed by atoms with Gasteiger partial charge in [0.25, 0.3) is 21.8 Å². The minimum absolute atomic E-state index is 0.133. The zero-order valence-corrected chi connectivity index (χ0v) is 17.5. The Balaban J connectivity index is 1.49. The van der Waals surface area contributed by atoms with Gasteiger partial charge in [-0.3, -0.25) is 9.59 Å². The number of nitrogens with zero attached hydrogens (tertiary/aromatic N) is 1. The minimum atomic E-state index is -3.74. The Morgan fingerprint density at radius 3 is 2.31 bits per heavy atom. The van der Waals surface area contributed by atoms with E-state index in [0.29, 0.717) is 16.8 Å². The molecule has 0 radical (unpaired) electrons. The fraction of sp³-hybridized carbons (Fsp3) is 0.0455. The van der Waals surface area contributed by atoms with Crippen molar-refractivity contribution in [1.29, 1.82) is 0 Å². The number of benzene rings is 3. The molecule has 4 rings (SSSR count). The average molecular weight is 452 g/mol. The molecule has 10 heteroatoms. The van der Waals surface area contributed by atoms with E-state index < -0.39 is 27.7 Å². The van der Waals surface area contributed by atoms with Crippen molar-refractivity contribution in [1.82, 2.24) is 5.32 Å². The summed E-state index contributed by atoms with van der Waals surface area (Å²) >= 11 is 0. The molecule has 3 aromatic carbocycles. The van der Waals surface area contributed by atoms with Crippen LogP contribution in [0.15, 0.2) is 76.0 Å². The normalized spacial score (nSPS) is 13.6. The number of nitrogens with one attached hydrogen (secondary N) is 3. The van der Waals surface area contributed by atoms with E-state index in [1.165, 1.54) is 37.4 Å². The molecule has 1 aliphatic rings. The number of carbonyl (C=O) groups is 2. The highest BCUT2D eigenvalue weighted by Crippen LogP contribution is 2.26. The highest BCUT2D eigenvalue weighted by Gasteiger charge is 2.28. The summed E-state index contributed by atoms with van der Waals surface area (Å²) in [6.07, 6.45) is 0. The number of hydrogen-bond acceptors (Lipinski definition) is 5. The Labute approximate surface area is 183 Å². The molecule has 32 heavy (non-hydrogen) atoms. The van der Waals surface area contributed by atoms with Gasteiger partial charge in [-0.1, -0.05) is 12.1 Å². The van der Waals surface area contributed by atoms with Gasteiger partial charge in [-0.2, -0.15) is 8.42 Å². The van der Waals surface area contributed by atoms with Gasteiger partial charge < -0.3 is 16.0 Å². The smallest absolute Gasteiger partial charge is 0.285 e. The van der Waals surface area contributed by atoms with E-state index in [2.05, 4.69) is 20.3 Å². The van der Waals surface area contributed by atoms with Crippen LogP contribution in [0, 0.1) is 5.82 Å². The molecule has 0 fully saturated rings. The predicted molar refractivity (Wildman–Crippen MR) is 118 cm³/mol. The van der Waals surface area contributed by atoms with Crippen LogP contribution in [-0.4, -0.2) is 33.1 Å². The molecular weight excluding hydrogens is 435 g/mol. The molecule has 0 unspecified atom stereocenters.